The number of benzene rings is 2. The van der Waals surface area contributed by atoms with E-state index in [1.54, 1.807) is 24.3 Å². The van der Waals surface area contributed by atoms with Crippen LogP contribution >= 0.6 is 0 Å². The summed E-state index contributed by atoms with van der Waals surface area (Å²) in [5.74, 6) is -7.27. The Morgan fingerprint density at radius 2 is 1.82 bits per heavy atom. The lowest BCUT2D eigenvalue weighted by Crippen LogP contribution is -2.65. The predicted octanol–water partition coefficient (Wildman–Crippen LogP) is 2.29. The smallest absolute Gasteiger partial charge is 0.401 e. The molecule has 14 heteroatoms. The third-order valence-electron chi connectivity index (χ3n) is 8.81. The van der Waals surface area contributed by atoms with Crippen LogP contribution in [-0.4, -0.2) is 88.4 Å². The van der Waals surface area contributed by atoms with Gasteiger partial charge in [-0.05, 0) is 67.7 Å². The number of likely N-dealkylation sites (N-methyl/N-ethyl adjacent to an activating group) is 1. The van der Waals surface area contributed by atoms with Gasteiger partial charge in [-0.15, -0.1) is 0 Å². The van der Waals surface area contributed by atoms with Crippen LogP contribution in [0.15, 0.2) is 47.2 Å². The molecule has 0 aromatic heterocycles. The Labute approximate surface area is 255 Å². The minimum atomic E-state index is -4.40. The lowest BCUT2D eigenvalue weighted by molar-refractivity contribution is -0.153. The van der Waals surface area contributed by atoms with Gasteiger partial charge in [-0.3, -0.25) is 19.3 Å². The zero-order valence-corrected chi connectivity index (χ0v) is 24.5. The zero-order valence-electron chi connectivity index (χ0n) is 24.5. The molecule has 0 heterocycles. The number of aliphatic hydroxyl groups excluding tert-OH is 2. The molecule has 240 valence electrons. The quantitative estimate of drug-likeness (QED) is 0.248. The molecule has 0 bridgehead atoms. The number of amides is 1. The number of ketones is 2. The van der Waals surface area contributed by atoms with Crippen LogP contribution in [0.25, 0.3) is 16.9 Å². The number of primary amides is 1. The maximum absolute atomic E-state index is 14.0. The molecule has 0 aliphatic heterocycles. The normalized spacial score (nSPS) is 24.8. The van der Waals surface area contributed by atoms with Gasteiger partial charge >= 0.3 is 6.18 Å². The van der Waals surface area contributed by atoms with E-state index in [2.05, 4.69) is 5.32 Å². The number of carbonyl (C=O) groups is 3. The summed E-state index contributed by atoms with van der Waals surface area (Å²) in [5, 5.41) is 47.5. The van der Waals surface area contributed by atoms with Gasteiger partial charge in [0.15, 0.2) is 11.4 Å². The molecule has 0 spiro atoms. The molecule has 2 aromatic carbocycles. The molecule has 1 amide bonds. The molecule has 45 heavy (non-hydrogen) atoms. The highest BCUT2D eigenvalue weighted by atomic mass is 19.4. The number of aromatic hydroxyl groups is 1. The number of nitrogens with two attached hydrogens (primary N) is 1. The Morgan fingerprint density at radius 3 is 2.42 bits per heavy atom. The van der Waals surface area contributed by atoms with Gasteiger partial charge in [0, 0.05) is 23.6 Å². The van der Waals surface area contributed by atoms with E-state index in [9.17, 15) is 48.0 Å². The van der Waals surface area contributed by atoms with E-state index >= 15 is 0 Å². The van der Waals surface area contributed by atoms with Crippen LogP contribution in [0.1, 0.15) is 23.1 Å². The lowest BCUT2D eigenvalue weighted by atomic mass is 9.57. The summed E-state index contributed by atoms with van der Waals surface area (Å²) < 4.78 is 43.7. The van der Waals surface area contributed by atoms with Gasteiger partial charge in [0.1, 0.15) is 28.6 Å². The number of phenolic OH excluding ortho intramolecular Hbond substituents is 1. The molecule has 0 saturated heterocycles. The number of hydrogen-bond donors (Lipinski definition) is 6. The number of aliphatic hydroxyl groups is 3. The SMILES string of the molecule is COc1ccc(CNCC(F)(F)F)cc1-c1ccc(O)c2c1C[C@@H]1C[C@H]3C(N(C)C)C(=O)C(C(N)=O)=C(O)[C@]3(O)C(=O)C1=C2O. The van der Waals surface area contributed by atoms with Crippen molar-refractivity contribution in [2.45, 2.75) is 37.2 Å². The first kappa shape index (κ1) is 32.0. The number of methoxy groups -OCH3 is 1. The summed E-state index contributed by atoms with van der Waals surface area (Å²) >= 11 is 0. The van der Waals surface area contributed by atoms with E-state index < -0.39 is 76.5 Å². The van der Waals surface area contributed by atoms with E-state index in [1.165, 1.54) is 32.2 Å². The van der Waals surface area contributed by atoms with Crippen LogP contribution in [0, 0.1) is 11.8 Å². The number of Topliss-reactive ketones (excluding diaryl/α,β-unsaturated/α-hetero) is 2. The minimum Gasteiger partial charge on any atom is -0.508 e. The van der Waals surface area contributed by atoms with Crippen molar-refractivity contribution in [3.05, 3.63) is 63.9 Å². The van der Waals surface area contributed by atoms with Gasteiger partial charge < -0.3 is 36.2 Å². The second-order valence-corrected chi connectivity index (χ2v) is 11.7. The Morgan fingerprint density at radius 1 is 1.13 bits per heavy atom. The number of fused-ring (bicyclic) bond motifs is 3. The summed E-state index contributed by atoms with van der Waals surface area (Å²) in [4.78, 5) is 40.9. The van der Waals surface area contributed by atoms with Gasteiger partial charge in [-0.25, -0.2) is 0 Å². The second kappa shape index (κ2) is 11.2. The number of ether oxygens (including phenoxy) is 1. The van der Waals surface area contributed by atoms with Gasteiger partial charge in [0.05, 0.1) is 25.3 Å². The third kappa shape index (κ3) is 5.12. The molecule has 7 N–H and O–H groups in total. The molecule has 11 nitrogen and oxygen atoms in total. The average Bonchev–Trinajstić information content (AvgIpc) is 2.94. The van der Waals surface area contributed by atoms with E-state index in [4.69, 9.17) is 10.5 Å². The molecule has 5 rings (SSSR count). The number of rotatable bonds is 7. The van der Waals surface area contributed by atoms with E-state index in [-0.39, 0.29) is 30.5 Å². The van der Waals surface area contributed by atoms with Crippen molar-refractivity contribution in [1.29, 1.82) is 0 Å². The van der Waals surface area contributed by atoms with Crippen LogP contribution in [0.3, 0.4) is 0 Å². The van der Waals surface area contributed by atoms with E-state index in [0.717, 1.165) is 0 Å². The van der Waals surface area contributed by atoms with Crippen molar-refractivity contribution in [3.63, 3.8) is 0 Å². The maximum atomic E-state index is 14.0. The van der Waals surface area contributed by atoms with Crippen molar-refractivity contribution >= 4 is 23.2 Å². The molecule has 0 radical (unpaired) electrons. The molecule has 1 fully saturated rings. The number of alkyl halides is 3. The highest BCUT2D eigenvalue weighted by Crippen LogP contribution is 2.54. The van der Waals surface area contributed by atoms with Gasteiger partial charge in [0.25, 0.3) is 5.91 Å². The number of nitrogens with one attached hydrogen (secondary N) is 1. The standard InChI is InChI=1S/C31H32F3N3O8/c1-37(2)24-18-10-14-9-17-15(16-8-13(4-7-20(16)45-3)11-36-12-30(32,33)34)5-6-19(38)22(17)25(39)21(14)27(41)31(18,44)28(42)23(26(24)40)29(35)43/h4-8,14,18,24,36,38-39,42,44H,9-12H2,1-3H3,(H2,35,43)/t14-,18+,24?,31-/m1/s1. The van der Waals surface area contributed by atoms with Crippen molar-refractivity contribution in [1.82, 2.24) is 10.2 Å². The van der Waals surface area contributed by atoms with Crippen molar-refractivity contribution in [3.8, 4) is 22.6 Å². The summed E-state index contributed by atoms with van der Waals surface area (Å²) in [5.41, 5.74) is 3.05. The van der Waals surface area contributed by atoms with Crippen LogP contribution in [0.2, 0.25) is 0 Å². The summed E-state index contributed by atoms with van der Waals surface area (Å²) in [6.07, 6.45) is -4.48. The monoisotopic (exact) mass is 631 g/mol. The van der Waals surface area contributed by atoms with Crippen molar-refractivity contribution < 1.29 is 52.7 Å². The first-order chi connectivity index (χ1) is 21.0. The zero-order chi connectivity index (χ0) is 33.2. The summed E-state index contributed by atoms with van der Waals surface area (Å²) in [6, 6.07) is 6.38. The number of carbonyl (C=O) groups excluding carboxylic acids is 3. The fourth-order valence-corrected chi connectivity index (χ4v) is 6.92. The number of halogens is 3. The van der Waals surface area contributed by atoms with Crippen molar-refractivity contribution in [2.75, 3.05) is 27.7 Å². The molecular weight excluding hydrogens is 599 g/mol. The molecule has 4 atom stereocenters. The second-order valence-electron chi connectivity index (χ2n) is 11.7. The molecule has 1 saturated carbocycles. The van der Waals surface area contributed by atoms with Crippen molar-refractivity contribution in [2.24, 2.45) is 17.6 Å². The summed E-state index contributed by atoms with van der Waals surface area (Å²) in [6.45, 7) is -1.32. The average molecular weight is 632 g/mol. The molecule has 2 aromatic rings. The highest BCUT2D eigenvalue weighted by molar-refractivity contribution is 6.24. The maximum Gasteiger partial charge on any atom is 0.401 e. The topological polar surface area (TPSA) is 183 Å². The molecule has 3 aliphatic carbocycles. The first-order valence-corrected chi connectivity index (χ1v) is 14.0. The van der Waals surface area contributed by atoms with Crippen LogP contribution in [0.5, 0.6) is 11.5 Å². The summed E-state index contributed by atoms with van der Waals surface area (Å²) in [7, 11) is 4.42. The first-order valence-electron chi connectivity index (χ1n) is 14.0. The number of nitrogens with zero attached hydrogens (tertiary/aromatic N) is 1. The molecule has 3 aliphatic rings. The van der Waals surface area contributed by atoms with Crippen LogP contribution in [0.4, 0.5) is 13.2 Å². The van der Waals surface area contributed by atoms with Gasteiger partial charge in [-0.2, -0.15) is 13.2 Å². The predicted molar refractivity (Wildman–Crippen MR) is 154 cm³/mol. The highest BCUT2D eigenvalue weighted by Gasteiger charge is 2.64. The number of hydrogen-bond acceptors (Lipinski definition) is 10. The van der Waals surface area contributed by atoms with Crippen LogP contribution in [-0.2, 0) is 27.3 Å². The number of phenols is 1. The third-order valence-corrected chi connectivity index (χ3v) is 8.81. The largest absolute Gasteiger partial charge is 0.508 e. The lowest BCUT2D eigenvalue weighted by Gasteiger charge is -2.50. The van der Waals surface area contributed by atoms with Gasteiger partial charge in [-0.1, -0.05) is 12.1 Å². The van der Waals surface area contributed by atoms with Gasteiger partial charge in [0.2, 0.25) is 5.78 Å². The van der Waals surface area contributed by atoms with Crippen LogP contribution < -0.4 is 15.8 Å². The molecule has 1 unspecified atom stereocenters. The van der Waals surface area contributed by atoms with E-state index in [1.807, 2.05) is 0 Å². The minimum absolute atomic E-state index is 0.0258. The Balaban J connectivity index is 1.66. The Bertz CT molecular complexity index is 1680. The fraction of sp³-hybridized carbons (Fsp3) is 0.387. The Hall–Kier alpha value is -4.40. The molecular formula is C31H32F3N3O8. The van der Waals surface area contributed by atoms with E-state index in [0.29, 0.717) is 28.0 Å². The fourth-order valence-electron chi connectivity index (χ4n) is 6.92. The Kier molecular flexibility index (Phi) is 7.96.